The van der Waals surface area contributed by atoms with Gasteiger partial charge in [-0.15, -0.1) is 11.8 Å². The molecule has 14 rings (SSSR count). The van der Waals surface area contributed by atoms with E-state index in [-0.39, 0.29) is 66.6 Å². The minimum Gasteiger partial charge on any atom is -0.327 e. The molecule has 8 aromatic carbocycles. The van der Waals surface area contributed by atoms with Gasteiger partial charge in [0.25, 0.3) is 11.1 Å². The summed E-state index contributed by atoms with van der Waals surface area (Å²) < 4.78 is 33.0. The number of aryl methyl sites for hydroxylation is 2. The highest BCUT2D eigenvalue weighted by atomic mass is 127. The normalized spacial score (nSPS) is 12.1. The predicted octanol–water partition coefficient (Wildman–Crippen LogP) is 31.0. The van der Waals surface area contributed by atoms with Gasteiger partial charge in [-0.1, -0.05) is 259 Å². The van der Waals surface area contributed by atoms with Gasteiger partial charge in [0.1, 0.15) is 26.3 Å². The van der Waals surface area contributed by atoms with E-state index in [0.717, 1.165) is 65.5 Å². The van der Waals surface area contributed by atoms with Crippen molar-refractivity contribution < 1.29 is 8.78 Å². The van der Waals surface area contributed by atoms with Gasteiger partial charge in [-0.3, -0.25) is 9.59 Å². The molecule has 0 aliphatic rings. The second-order valence-electron chi connectivity index (χ2n) is 38.2. The van der Waals surface area contributed by atoms with Crippen molar-refractivity contribution in [3.05, 3.63) is 330 Å². The van der Waals surface area contributed by atoms with Crippen LogP contribution >= 0.6 is 55.0 Å². The van der Waals surface area contributed by atoms with Gasteiger partial charge in [0.05, 0.1) is 0 Å². The average molecular weight is 1930 g/mol. The molecule has 0 saturated carbocycles. The molecular weight excluding hydrogens is 1810 g/mol. The van der Waals surface area contributed by atoms with Gasteiger partial charge in [-0.2, -0.15) is 0 Å². The first-order valence-corrected chi connectivity index (χ1v) is 50.3. The lowest BCUT2D eigenvalue weighted by Gasteiger charge is -2.23. The number of rotatable bonds is 2. The number of halogens is 4. The molecule has 0 N–H and O–H groups in total. The predicted molar refractivity (Wildman–Crippen MR) is 552 cm³/mol. The van der Waals surface area contributed by atoms with Gasteiger partial charge in [0, 0.05) is 113 Å². The van der Waals surface area contributed by atoms with Crippen LogP contribution in [0.25, 0.3) is 65.2 Å². The van der Waals surface area contributed by atoms with E-state index in [1.807, 2.05) is 139 Å². The third kappa shape index (κ3) is 29.6. The Hall–Kier alpha value is -8.57. The Morgan fingerprint density at radius 3 is 0.951 bits per heavy atom. The summed E-state index contributed by atoms with van der Waals surface area (Å²) in [6, 6.07) is 67.5. The number of nitrogens with zero attached hydrogens (tertiary/aromatic N) is 6. The second-order valence-corrected chi connectivity index (χ2v) is 56.8. The van der Waals surface area contributed by atoms with Gasteiger partial charge in [-0.25, -0.2) is 18.7 Å². The molecule has 0 amide bonds. The summed E-state index contributed by atoms with van der Waals surface area (Å²) in [5, 5.41) is 11.2. The Morgan fingerprint density at radius 1 is 0.393 bits per heavy atom. The zero-order valence-electron chi connectivity index (χ0n) is 77.0. The smallest absolute Gasteiger partial charge is 0.258 e. The SMILES string of the molecule is C=C(I)P(=S)(I)P=S.CC#Cc1cn(C(C)(C)C)c(=O)c2ccccc12.CC#Cc1cn(C(C)(C)C)c(=O)c2ccccc12.CC(C)(C)c1cccc(F)c1.CC(C)(C)c1cccc(F)c1.CC(C)(C)n1ccc2cccnc21.CC(C)(C)n1ccc2cccnc21.Cc1cc(C(C)(C)C)cc2ccccc12.Cc1cc(C(C)(C)C)cc2ccccc12. The average Bonchev–Trinajstić information content (AvgIpc) is 1.13. The first-order chi connectivity index (χ1) is 56.5. The molecule has 6 heterocycles. The van der Waals surface area contributed by atoms with E-state index in [4.69, 9.17) is 23.6 Å². The zero-order valence-corrected chi connectivity index (χ0v) is 84.8. The minimum absolute atomic E-state index is 0.0414. The molecule has 0 aliphatic heterocycles. The first-order valence-electron chi connectivity index (χ1n) is 41.1. The number of hydrogen-bond donors (Lipinski definition) is 0. The monoisotopic (exact) mass is 1930 g/mol. The standard InChI is InChI=1S/2C16H17NO.2C15H18.2C11H14N2.2C10H13F.C2H2I2P2S2/c2*1-5-8-12-11-17(16(2,3)4)15(18)14-10-7-6-9-13(12)14;2*1-11-9-13(15(2,3)4)10-12-7-5-6-8-14(11)12;2*1-11(2,3)13-8-6-9-5-4-7-12-10(9)13;2*1-10(2,3)8-5-4-6-9(11)7-8;1-2(3)6(4,8)5-7/h2*6-7,9-11H,1-4H3;2*5-10H,1-4H3;2*4-8H,1-3H3;2*4-7H,1-3H3;1H2. The summed E-state index contributed by atoms with van der Waals surface area (Å²) in [5.41, 5.74) is 12.0. The first kappa shape index (κ1) is 102. The zero-order chi connectivity index (χ0) is 91.5. The summed E-state index contributed by atoms with van der Waals surface area (Å²) in [4.78, 5) is 33.6. The van der Waals surface area contributed by atoms with E-state index in [1.165, 1.54) is 66.7 Å². The Balaban J connectivity index is 0.000000214. The van der Waals surface area contributed by atoms with E-state index in [1.54, 1.807) is 47.2 Å². The van der Waals surface area contributed by atoms with Crippen LogP contribution in [-0.4, -0.2) is 28.2 Å². The largest absolute Gasteiger partial charge is 0.327 e. The Labute approximate surface area is 765 Å². The van der Waals surface area contributed by atoms with Crippen LogP contribution < -0.4 is 11.1 Å². The number of fused-ring (bicyclic) bond motifs is 6. The van der Waals surface area contributed by atoms with Gasteiger partial charge >= 0.3 is 0 Å². The maximum Gasteiger partial charge on any atom is 0.258 e. The highest BCUT2D eigenvalue weighted by Gasteiger charge is 2.23. The molecule has 1 unspecified atom stereocenters. The van der Waals surface area contributed by atoms with Crippen molar-refractivity contribution in [2.45, 2.75) is 238 Å². The maximum atomic E-state index is 12.7. The summed E-state index contributed by atoms with van der Waals surface area (Å²) in [5.74, 6) is 11.7. The fourth-order valence-corrected chi connectivity index (χ4v) is 16.4. The van der Waals surface area contributed by atoms with Crippen LogP contribution in [0, 0.1) is 49.2 Å². The van der Waals surface area contributed by atoms with Crippen LogP contribution in [0.2, 0.25) is 0 Å². The third-order valence-electron chi connectivity index (χ3n) is 19.8. The van der Waals surface area contributed by atoms with Crippen molar-refractivity contribution >= 4 is 144 Å². The number of benzene rings is 8. The van der Waals surface area contributed by atoms with Crippen molar-refractivity contribution in [2.24, 2.45) is 0 Å². The summed E-state index contributed by atoms with van der Waals surface area (Å²) in [6.07, 6.45) is 11.6. The molecule has 0 fully saturated rings. The topological polar surface area (TPSA) is 79.6 Å². The van der Waals surface area contributed by atoms with Crippen molar-refractivity contribution in [3.63, 3.8) is 0 Å². The molecule has 8 nitrogen and oxygen atoms in total. The van der Waals surface area contributed by atoms with Crippen LogP contribution in [0.1, 0.15) is 225 Å². The van der Waals surface area contributed by atoms with Crippen LogP contribution in [0.5, 0.6) is 0 Å². The minimum atomic E-state index is -1.36. The van der Waals surface area contributed by atoms with Crippen molar-refractivity contribution in [1.29, 1.82) is 0 Å². The van der Waals surface area contributed by atoms with E-state index in [2.05, 4.69) is 342 Å². The van der Waals surface area contributed by atoms with Gasteiger partial charge in [-0.05, 0) is 305 Å². The molecule has 14 aromatic rings. The molecule has 16 heteroatoms. The molecule has 122 heavy (non-hydrogen) atoms. The molecule has 0 spiro atoms. The van der Waals surface area contributed by atoms with Gasteiger partial charge in [0.2, 0.25) is 0 Å². The number of aromatic nitrogens is 6. The molecular formula is C106H126F2I2N6O2P2S2. The molecule has 6 aromatic heterocycles. The molecule has 1 atom stereocenters. The van der Waals surface area contributed by atoms with Crippen LogP contribution in [-0.2, 0) is 67.4 Å². The summed E-state index contributed by atoms with van der Waals surface area (Å²) in [7, 11) is 0.889. The van der Waals surface area contributed by atoms with E-state index >= 15 is 0 Å². The highest BCUT2D eigenvalue weighted by molar-refractivity contribution is 14.2. The lowest BCUT2D eigenvalue weighted by atomic mass is 9.84. The molecule has 0 radical (unpaired) electrons. The number of pyridine rings is 4. The molecule has 0 bridgehead atoms. The van der Waals surface area contributed by atoms with Gasteiger partial charge < -0.3 is 18.3 Å². The van der Waals surface area contributed by atoms with Crippen molar-refractivity contribution in [3.8, 4) is 23.7 Å². The summed E-state index contributed by atoms with van der Waals surface area (Å²) >= 11 is 14.3. The van der Waals surface area contributed by atoms with Crippen molar-refractivity contribution in [1.82, 2.24) is 28.2 Å². The fraction of sp³-hybridized carbons (Fsp3) is 0.340. The Bertz CT molecular complexity index is 5910. The molecule has 0 saturated heterocycles. The lowest BCUT2D eigenvalue weighted by Crippen LogP contribution is -2.33. The quantitative estimate of drug-likeness (QED) is 0.0975. The van der Waals surface area contributed by atoms with Crippen LogP contribution in [0.15, 0.2) is 263 Å². The summed E-state index contributed by atoms with van der Waals surface area (Å²) in [6.45, 7) is 62.9. The van der Waals surface area contributed by atoms with Crippen LogP contribution in [0.4, 0.5) is 8.78 Å². The fourth-order valence-electron chi connectivity index (χ4n) is 12.9. The van der Waals surface area contributed by atoms with E-state index in [9.17, 15) is 18.4 Å². The second kappa shape index (κ2) is 43.4. The third-order valence-corrected chi connectivity index (χ3v) is 39.9. The van der Waals surface area contributed by atoms with E-state index in [0.29, 0.717) is 0 Å². The molecule has 642 valence electrons. The Kier molecular flexibility index (Phi) is 36.3. The maximum absolute atomic E-state index is 12.7. The van der Waals surface area contributed by atoms with E-state index < -0.39 is 3.37 Å². The highest BCUT2D eigenvalue weighted by Crippen LogP contribution is 2.73. The van der Waals surface area contributed by atoms with Crippen LogP contribution in [0.3, 0.4) is 0 Å². The number of hydrogen-bond acceptors (Lipinski definition) is 6. The van der Waals surface area contributed by atoms with Gasteiger partial charge in [0.15, 0.2) is 0 Å². The van der Waals surface area contributed by atoms with Crippen molar-refractivity contribution in [2.75, 3.05) is 0 Å². The Morgan fingerprint density at radius 2 is 0.689 bits per heavy atom. The lowest BCUT2D eigenvalue weighted by molar-refractivity contribution is 0.386. The molecule has 0 aliphatic carbocycles.